The van der Waals surface area contributed by atoms with Gasteiger partial charge in [0.05, 0.1) is 19.8 Å². The Labute approximate surface area is 274 Å². The zero-order valence-corrected chi connectivity index (χ0v) is 28.8. The predicted octanol–water partition coefficient (Wildman–Crippen LogP) is 5.93. The van der Waals surface area contributed by atoms with Gasteiger partial charge >= 0.3 is 6.09 Å². The third-order valence-corrected chi connectivity index (χ3v) is 8.93. The fourth-order valence-electron chi connectivity index (χ4n) is 6.04. The van der Waals surface area contributed by atoms with Crippen LogP contribution in [0.25, 0.3) is 0 Å². The molecule has 0 aromatic carbocycles. The maximum atomic E-state index is 13.4. The van der Waals surface area contributed by atoms with Crippen molar-refractivity contribution in [3.8, 4) is 0 Å². The van der Waals surface area contributed by atoms with E-state index in [1.807, 2.05) is 0 Å². The molecule has 2 amide bonds. The average molecular weight is 644 g/mol. The van der Waals surface area contributed by atoms with Crippen LogP contribution in [0.4, 0.5) is 4.79 Å². The topological polar surface area (TPSA) is 155 Å². The number of hydrogen-bond acceptors (Lipinski definition) is 8. The Morgan fingerprint density at radius 1 is 0.711 bits per heavy atom. The summed E-state index contributed by atoms with van der Waals surface area (Å²) >= 11 is 0. The number of nitrogens with one attached hydrogen (secondary N) is 1. The van der Waals surface area contributed by atoms with Crippen molar-refractivity contribution in [1.82, 2.24) is 10.2 Å². The Kier molecular flexibility index (Phi) is 25.5. The van der Waals surface area contributed by atoms with Gasteiger partial charge in [-0.1, -0.05) is 142 Å². The van der Waals surface area contributed by atoms with Crippen molar-refractivity contribution in [2.45, 2.75) is 186 Å². The van der Waals surface area contributed by atoms with E-state index in [4.69, 9.17) is 15.2 Å². The molecule has 1 fully saturated rings. The van der Waals surface area contributed by atoms with Gasteiger partial charge in [0.2, 0.25) is 5.91 Å². The molecular weight excluding hydrogens is 574 g/mol. The molecule has 1 heterocycles. The summed E-state index contributed by atoms with van der Waals surface area (Å²) in [7, 11) is 0. The monoisotopic (exact) mass is 644 g/mol. The molecule has 5 atom stereocenters. The van der Waals surface area contributed by atoms with Crippen LogP contribution in [-0.4, -0.2) is 89.1 Å². The number of aliphatic hydroxyl groups is 3. The van der Waals surface area contributed by atoms with Gasteiger partial charge in [0, 0.05) is 6.54 Å². The first kappa shape index (κ1) is 41.6. The van der Waals surface area contributed by atoms with E-state index in [0.29, 0.717) is 13.0 Å². The van der Waals surface area contributed by atoms with Gasteiger partial charge in [0.1, 0.15) is 24.4 Å². The maximum Gasteiger partial charge on any atom is 0.411 e. The average Bonchev–Trinajstić information content (AvgIpc) is 3.04. The fraction of sp³-hybridized carbons (Fsp3) is 0.943. The highest BCUT2D eigenvalue weighted by Gasteiger charge is 2.48. The van der Waals surface area contributed by atoms with Crippen LogP contribution in [0.1, 0.15) is 155 Å². The van der Waals surface area contributed by atoms with E-state index in [9.17, 15) is 24.9 Å². The Morgan fingerprint density at radius 3 is 1.60 bits per heavy atom. The minimum atomic E-state index is -1.46. The number of nitrogens with two attached hydrogens (primary N) is 1. The number of carbonyl (C=O) groups excluding carboxylic acids is 2. The summed E-state index contributed by atoms with van der Waals surface area (Å²) in [6.07, 6.45) is 20.2. The molecule has 10 nitrogen and oxygen atoms in total. The van der Waals surface area contributed by atoms with Crippen LogP contribution in [0.3, 0.4) is 0 Å². The number of carbonyl (C=O) groups is 2. The Hall–Kier alpha value is -1.46. The van der Waals surface area contributed by atoms with Crippen molar-refractivity contribution in [1.29, 1.82) is 0 Å². The molecule has 10 heteroatoms. The van der Waals surface area contributed by atoms with Gasteiger partial charge in [-0.3, -0.25) is 9.69 Å². The maximum absolute atomic E-state index is 13.4. The minimum absolute atomic E-state index is 0.270. The molecule has 1 saturated heterocycles. The highest BCUT2D eigenvalue weighted by atomic mass is 16.6. The summed E-state index contributed by atoms with van der Waals surface area (Å²) < 4.78 is 11.6. The highest BCUT2D eigenvalue weighted by Crippen LogP contribution is 2.25. The molecule has 0 radical (unpaired) electrons. The molecule has 0 spiro atoms. The number of ether oxygens (including phenoxy) is 2. The first-order chi connectivity index (χ1) is 21.9. The van der Waals surface area contributed by atoms with Crippen LogP contribution < -0.4 is 11.1 Å². The van der Waals surface area contributed by atoms with E-state index in [-0.39, 0.29) is 13.2 Å². The number of unbranched alkanes of at least 4 members (excludes halogenated alkanes) is 20. The Bertz CT molecular complexity index is 729. The van der Waals surface area contributed by atoms with E-state index in [1.54, 1.807) is 0 Å². The molecule has 0 aliphatic carbocycles. The molecule has 0 saturated carbocycles. The van der Waals surface area contributed by atoms with Gasteiger partial charge in [0.15, 0.2) is 6.23 Å². The van der Waals surface area contributed by atoms with Gasteiger partial charge < -0.3 is 35.8 Å². The molecule has 6 N–H and O–H groups in total. The normalized spacial score (nSPS) is 21.5. The second-order valence-electron chi connectivity index (χ2n) is 12.9. The molecule has 0 unspecified atom stereocenters. The minimum Gasteiger partial charge on any atom is -0.449 e. The van der Waals surface area contributed by atoms with Crippen molar-refractivity contribution in [2.75, 3.05) is 26.3 Å². The molecule has 1 aliphatic rings. The van der Waals surface area contributed by atoms with E-state index in [0.717, 1.165) is 38.5 Å². The lowest BCUT2D eigenvalue weighted by molar-refractivity contribution is -0.226. The van der Waals surface area contributed by atoms with Crippen LogP contribution in [-0.2, 0) is 14.3 Å². The summed E-state index contributed by atoms with van der Waals surface area (Å²) in [5.74, 6) is -0.550. The number of rotatable bonds is 28. The Morgan fingerprint density at radius 2 is 1.16 bits per heavy atom. The van der Waals surface area contributed by atoms with Gasteiger partial charge in [-0.15, -0.1) is 0 Å². The SMILES string of the molecule is CCCCCCCCCCCCCCOC(=O)N(CCCCCCCCCCCC)[C@@H]1O[C@H](CO)[C@H](O)[C@H](O)[C@H]1NC(=O)CN. The van der Waals surface area contributed by atoms with Crippen molar-refractivity contribution in [2.24, 2.45) is 5.73 Å². The first-order valence-corrected chi connectivity index (χ1v) is 18.5. The zero-order chi connectivity index (χ0) is 33.1. The number of amides is 2. The smallest absolute Gasteiger partial charge is 0.411 e. The van der Waals surface area contributed by atoms with Crippen LogP contribution in [0.15, 0.2) is 0 Å². The van der Waals surface area contributed by atoms with Crippen LogP contribution in [0.5, 0.6) is 0 Å². The lowest BCUT2D eigenvalue weighted by Gasteiger charge is -2.46. The quantitative estimate of drug-likeness (QED) is 0.0658. The summed E-state index contributed by atoms with van der Waals surface area (Å²) in [5.41, 5.74) is 5.50. The molecule has 0 aromatic rings. The molecule has 45 heavy (non-hydrogen) atoms. The van der Waals surface area contributed by atoms with Gasteiger partial charge in [-0.05, 0) is 12.8 Å². The molecular formula is C35H69N3O7. The van der Waals surface area contributed by atoms with E-state index < -0.39 is 49.2 Å². The second-order valence-corrected chi connectivity index (χ2v) is 12.9. The molecule has 1 rings (SSSR count). The molecule has 0 bridgehead atoms. The van der Waals surface area contributed by atoms with E-state index in [2.05, 4.69) is 19.2 Å². The third-order valence-electron chi connectivity index (χ3n) is 8.93. The van der Waals surface area contributed by atoms with Crippen molar-refractivity contribution >= 4 is 12.0 Å². The molecule has 266 valence electrons. The van der Waals surface area contributed by atoms with Crippen LogP contribution >= 0.6 is 0 Å². The van der Waals surface area contributed by atoms with E-state index >= 15 is 0 Å². The Balaban J connectivity index is 2.62. The summed E-state index contributed by atoms with van der Waals surface area (Å²) in [6, 6.07) is -1.12. The van der Waals surface area contributed by atoms with Crippen molar-refractivity contribution in [3.63, 3.8) is 0 Å². The van der Waals surface area contributed by atoms with Crippen LogP contribution in [0, 0.1) is 0 Å². The second kappa shape index (κ2) is 27.6. The van der Waals surface area contributed by atoms with Gasteiger partial charge in [-0.25, -0.2) is 4.79 Å². The zero-order valence-electron chi connectivity index (χ0n) is 28.8. The summed E-state index contributed by atoms with van der Waals surface area (Å²) in [4.78, 5) is 27.0. The summed E-state index contributed by atoms with van der Waals surface area (Å²) in [5, 5.41) is 33.7. The standard InChI is InChI=1S/C35H69N3O7/c1-3-5-7-9-11-13-15-16-18-20-22-24-26-44-35(43)38(25-23-21-19-17-14-12-10-8-6-4-2)34-31(37-30(40)27-36)33(42)32(41)29(28-39)45-34/h29,31-34,39,41-42H,3-28,36H2,1-2H3,(H,37,40)/t29-,31-,32+,33-,34-/m1/s1. The van der Waals surface area contributed by atoms with Gasteiger partial charge in [-0.2, -0.15) is 0 Å². The fourth-order valence-corrected chi connectivity index (χ4v) is 6.04. The molecule has 1 aliphatic heterocycles. The summed E-state index contributed by atoms with van der Waals surface area (Å²) in [6.45, 7) is 4.16. The predicted molar refractivity (Wildman–Crippen MR) is 180 cm³/mol. The van der Waals surface area contributed by atoms with Crippen LogP contribution in [0.2, 0.25) is 0 Å². The lowest BCUT2D eigenvalue weighted by Crippen LogP contribution is -2.69. The number of nitrogens with zero attached hydrogens (tertiary/aromatic N) is 1. The first-order valence-electron chi connectivity index (χ1n) is 18.5. The van der Waals surface area contributed by atoms with Crippen molar-refractivity contribution < 1.29 is 34.4 Å². The molecule has 0 aromatic heterocycles. The largest absolute Gasteiger partial charge is 0.449 e. The number of aliphatic hydroxyl groups excluding tert-OH is 3. The van der Waals surface area contributed by atoms with Gasteiger partial charge in [0.25, 0.3) is 0 Å². The van der Waals surface area contributed by atoms with Crippen molar-refractivity contribution in [3.05, 3.63) is 0 Å². The van der Waals surface area contributed by atoms with E-state index in [1.165, 1.54) is 101 Å². The number of hydrogen-bond donors (Lipinski definition) is 5. The lowest BCUT2D eigenvalue weighted by atomic mass is 9.95. The highest BCUT2D eigenvalue weighted by molar-refractivity contribution is 5.78. The third kappa shape index (κ3) is 18.5.